The number of nitrogens with one attached hydrogen (secondary N) is 1. The molecule has 4 rings (SSSR count). The maximum Gasteiger partial charge on any atom is 0.247 e. The van der Waals surface area contributed by atoms with Crippen molar-refractivity contribution in [3.63, 3.8) is 0 Å². The molecule has 7 heteroatoms. The lowest BCUT2D eigenvalue weighted by molar-refractivity contribution is -0.117. The van der Waals surface area contributed by atoms with Crippen molar-refractivity contribution < 1.29 is 4.79 Å². The Morgan fingerprint density at radius 2 is 1.64 bits per heavy atom. The number of amidine groups is 1. The van der Waals surface area contributed by atoms with Crippen molar-refractivity contribution in [2.45, 2.75) is 32.7 Å². The highest BCUT2D eigenvalue weighted by Gasteiger charge is 2.18. The Kier molecular flexibility index (Phi) is 7.73. The molecule has 6 nitrogen and oxygen atoms in total. The molecular formula is C26H29N5OS. The first-order valence-electron chi connectivity index (χ1n) is 11.3. The second kappa shape index (κ2) is 11.1. The van der Waals surface area contributed by atoms with Crippen LogP contribution in [0.2, 0.25) is 0 Å². The molecule has 0 fully saturated rings. The molecule has 1 aliphatic heterocycles. The standard InChI is InChI=1S/C26H29N5OS/c1-19(2)31(15-9-10-16-33-26-28-18-23(32)30-26)22-17-27-24(20-11-5-3-6-12-20)25(29-22)21-13-7-4-8-14-21/h3-8,11-14,17,19H,9-10,15-16,18H2,1-2H3,(H,28,30,32). The molecule has 3 aromatic rings. The van der Waals surface area contributed by atoms with E-state index in [1.54, 1.807) is 11.8 Å². The zero-order valence-corrected chi connectivity index (χ0v) is 19.9. The molecule has 0 saturated heterocycles. The normalized spacial score (nSPS) is 13.2. The van der Waals surface area contributed by atoms with Gasteiger partial charge in [0, 0.05) is 29.5 Å². The van der Waals surface area contributed by atoms with E-state index in [0.717, 1.165) is 58.6 Å². The van der Waals surface area contributed by atoms with Crippen LogP contribution in [0.4, 0.5) is 5.82 Å². The van der Waals surface area contributed by atoms with Gasteiger partial charge in [0.2, 0.25) is 5.91 Å². The van der Waals surface area contributed by atoms with Crippen LogP contribution >= 0.6 is 11.8 Å². The van der Waals surface area contributed by atoms with Crippen molar-refractivity contribution in [3.05, 3.63) is 66.9 Å². The molecule has 170 valence electrons. The van der Waals surface area contributed by atoms with E-state index in [4.69, 9.17) is 9.97 Å². The largest absolute Gasteiger partial charge is 0.353 e. The summed E-state index contributed by atoms with van der Waals surface area (Å²) in [5.74, 6) is 1.80. The predicted molar refractivity (Wildman–Crippen MR) is 138 cm³/mol. The summed E-state index contributed by atoms with van der Waals surface area (Å²) in [4.78, 5) is 27.7. The van der Waals surface area contributed by atoms with Gasteiger partial charge >= 0.3 is 0 Å². The lowest BCUT2D eigenvalue weighted by atomic mass is 10.0. The summed E-state index contributed by atoms with van der Waals surface area (Å²) in [6, 6.07) is 20.8. The highest BCUT2D eigenvalue weighted by Crippen LogP contribution is 2.31. The highest BCUT2D eigenvalue weighted by atomic mass is 32.2. The van der Waals surface area contributed by atoms with Gasteiger partial charge in [0.15, 0.2) is 5.17 Å². The molecule has 0 atom stereocenters. The zero-order chi connectivity index (χ0) is 23.0. The van der Waals surface area contributed by atoms with Gasteiger partial charge in [-0.1, -0.05) is 72.4 Å². The van der Waals surface area contributed by atoms with Gasteiger partial charge in [-0.25, -0.2) is 4.98 Å². The third-order valence-electron chi connectivity index (χ3n) is 5.42. The molecule has 1 aliphatic rings. The summed E-state index contributed by atoms with van der Waals surface area (Å²) in [5, 5.41) is 3.53. The zero-order valence-electron chi connectivity index (χ0n) is 19.1. The third kappa shape index (κ3) is 5.99. The molecule has 2 aromatic carbocycles. The summed E-state index contributed by atoms with van der Waals surface area (Å²) >= 11 is 1.61. The van der Waals surface area contributed by atoms with Gasteiger partial charge in [-0.2, -0.15) is 0 Å². The van der Waals surface area contributed by atoms with Crippen LogP contribution in [-0.2, 0) is 4.79 Å². The molecule has 1 amide bonds. The molecular weight excluding hydrogens is 430 g/mol. The molecule has 0 saturated carbocycles. The highest BCUT2D eigenvalue weighted by molar-refractivity contribution is 8.13. The first-order valence-corrected chi connectivity index (χ1v) is 12.3. The Morgan fingerprint density at radius 3 is 2.24 bits per heavy atom. The maximum atomic E-state index is 11.2. The third-order valence-corrected chi connectivity index (χ3v) is 6.41. The Hall–Kier alpha value is -3.19. The van der Waals surface area contributed by atoms with Gasteiger partial charge in [0.25, 0.3) is 0 Å². The maximum absolute atomic E-state index is 11.2. The van der Waals surface area contributed by atoms with E-state index in [-0.39, 0.29) is 12.5 Å². The van der Waals surface area contributed by atoms with Gasteiger partial charge in [0.05, 0.1) is 17.6 Å². The van der Waals surface area contributed by atoms with Gasteiger partial charge < -0.3 is 10.2 Å². The van der Waals surface area contributed by atoms with Crippen molar-refractivity contribution in [2.24, 2.45) is 4.99 Å². The minimum atomic E-state index is -0.0183. The van der Waals surface area contributed by atoms with Crippen LogP contribution in [0.15, 0.2) is 71.9 Å². The molecule has 0 radical (unpaired) electrons. The predicted octanol–water partition coefficient (Wildman–Crippen LogP) is 5.02. The van der Waals surface area contributed by atoms with Gasteiger partial charge in [-0.05, 0) is 26.7 Å². The SMILES string of the molecule is CC(C)N(CCCCSC1=NCC(=O)N1)c1cnc(-c2ccccc2)c(-c2ccccc2)n1. The summed E-state index contributed by atoms with van der Waals surface area (Å²) in [6.45, 7) is 5.52. The lowest BCUT2D eigenvalue weighted by Gasteiger charge is -2.28. The molecule has 0 aliphatic carbocycles. The van der Waals surface area contributed by atoms with E-state index in [1.807, 2.05) is 42.6 Å². The number of carbonyl (C=O) groups excluding carboxylic acids is 1. The number of amides is 1. The number of anilines is 1. The van der Waals surface area contributed by atoms with E-state index in [2.05, 4.69) is 53.3 Å². The van der Waals surface area contributed by atoms with E-state index < -0.39 is 0 Å². The number of thioether (sulfide) groups is 1. The van der Waals surface area contributed by atoms with E-state index in [0.29, 0.717) is 6.04 Å². The summed E-state index contributed by atoms with van der Waals surface area (Å²) in [7, 11) is 0. The first kappa shape index (κ1) is 23.0. The fraction of sp³-hybridized carbons (Fsp3) is 0.308. The number of aromatic nitrogens is 2. The van der Waals surface area contributed by atoms with Crippen molar-refractivity contribution in [1.29, 1.82) is 0 Å². The molecule has 2 heterocycles. The fourth-order valence-electron chi connectivity index (χ4n) is 3.74. The smallest absolute Gasteiger partial charge is 0.247 e. The van der Waals surface area contributed by atoms with Gasteiger partial charge in [-0.3, -0.25) is 14.8 Å². The summed E-state index contributed by atoms with van der Waals surface area (Å²) in [5.41, 5.74) is 3.91. The number of carbonyl (C=O) groups is 1. The molecule has 33 heavy (non-hydrogen) atoms. The van der Waals surface area contributed by atoms with Crippen molar-refractivity contribution in [1.82, 2.24) is 15.3 Å². The van der Waals surface area contributed by atoms with Crippen LogP contribution in [0, 0.1) is 0 Å². The Morgan fingerprint density at radius 1 is 0.970 bits per heavy atom. The second-order valence-corrected chi connectivity index (χ2v) is 9.25. The number of aliphatic imine (C=N–C) groups is 1. The monoisotopic (exact) mass is 459 g/mol. The Labute approximate surface area is 199 Å². The topological polar surface area (TPSA) is 70.5 Å². The number of hydrogen-bond donors (Lipinski definition) is 1. The van der Waals surface area contributed by atoms with Crippen LogP contribution < -0.4 is 10.2 Å². The average molecular weight is 460 g/mol. The van der Waals surface area contributed by atoms with E-state index in [9.17, 15) is 4.79 Å². The van der Waals surface area contributed by atoms with Crippen molar-refractivity contribution >= 4 is 28.7 Å². The van der Waals surface area contributed by atoms with E-state index >= 15 is 0 Å². The minimum Gasteiger partial charge on any atom is -0.353 e. The quantitative estimate of drug-likeness (QED) is 0.455. The molecule has 0 spiro atoms. The van der Waals surface area contributed by atoms with Crippen molar-refractivity contribution in [2.75, 3.05) is 23.7 Å². The summed E-state index contributed by atoms with van der Waals surface area (Å²) < 4.78 is 0. The fourth-order valence-corrected chi connectivity index (χ4v) is 4.62. The molecule has 0 unspecified atom stereocenters. The average Bonchev–Trinajstić information content (AvgIpc) is 3.27. The first-order chi connectivity index (χ1) is 16.1. The molecule has 1 N–H and O–H groups in total. The Bertz CT molecular complexity index is 1100. The van der Waals surface area contributed by atoms with Crippen LogP contribution in [0.25, 0.3) is 22.5 Å². The summed E-state index contributed by atoms with van der Waals surface area (Å²) in [6.07, 6.45) is 3.95. The van der Waals surface area contributed by atoms with Gasteiger partial charge in [0.1, 0.15) is 12.4 Å². The van der Waals surface area contributed by atoms with E-state index in [1.165, 1.54) is 0 Å². The molecule has 1 aromatic heterocycles. The van der Waals surface area contributed by atoms with Gasteiger partial charge in [-0.15, -0.1) is 0 Å². The van der Waals surface area contributed by atoms with Crippen LogP contribution in [0.3, 0.4) is 0 Å². The number of nitrogens with zero attached hydrogens (tertiary/aromatic N) is 4. The van der Waals surface area contributed by atoms with Crippen LogP contribution in [0.1, 0.15) is 26.7 Å². The number of rotatable bonds is 9. The lowest BCUT2D eigenvalue weighted by Crippen LogP contribution is -2.33. The second-order valence-electron chi connectivity index (χ2n) is 8.17. The Balaban J connectivity index is 1.50. The van der Waals surface area contributed by atoms with Crippen LogP contribution in [0.5, 0.6) is 0 Å². The molecule has 0 bridgehead atoms. The number of unbranched alkanes of at least 4 members (excludes halogenated alkanes) is 1. The number of benzene rings is 2. The van der Waals surface area contributed by atoms with Crippen LogP contribution in [-0.4, -0.2) is 45.9 Å². The minimum absolute atomic E-state index is 0.0183. The number of hydrogen-bond acceptors (Lipinski definition) is 6. The van der Waals surface area contributed by atoms with Crippen molar-refractivity contribution in [3.8, 4) is 22.5 Å².